The van der Waals surface area contributed by atoms with E-state index in [1.54, 1.807) is 42.6 Å². The average molecular weight is 424 g/mol. The van der Waals surface area contributed by atoms with E-state index in [1.165, 1.54) is 4.90 Å². The second kappa shape index (κ2) is 8.79. The van der Waals surface area contributed by atoms with E-state index >= 15 is 0 Å². The Morgan fingerprint density at radius 1 is 1.16 bits per heavy atom. The molecule has 4 rings (SSSR count). The maximum absolute atomic E-state index is 12.8. The number of cyclic esters (lactones) is 1. The fourth-order valence-electron chi connectivity index (χ4n) is 3.70. The number of pyridine rings is 1. The van der Waals surface area contributed by atoms with Gasteiger partial charge < -0.3 is 9.47 Å². The van der Waals surface area contributed by atoms with Gasteiger partial charge in [0.25, 0.3) is 0 Å². The van der Waals surface area contributed by atoms with Gasteiger partial charge in [0, 0.05) is 23.0 Å². The molecule has 1 aromatic heterocycles. The minimum Gasteiger partial charge on any atom is -0.487 e. The summed E-state index contributed by atoms with van der Waals surface area (Å²) in [7, 11) is 0. The van der Waals surface area contributed by atoms with E-state index in [-0.39, 0.29) is 13.2 Å². The Bertz CT molecular complexity index is 1260. The molecule has 1 unspecified atom stereocenters. The molecule has 0 aliphatic carbocycles. The molecule has 0 saturated heterocycles. The van der Waals surface area contributed by atoms with E-state index in [2.05, 4.69) is 17.1 Å². The summed E-state index contributed by atoms with van der Waals surface area (Å²) in [6.45, 7) is 4.17. The molecule has 32 heavy (non-hydrogen) atoms. The van der Waals surface area contributed by atoms with Crippen molar-refractivity contribution in [2.45, 2.75) is 33.1 Å². The Balaban J connectivity index is 1.67. The minimum absolute atomic E-state index is 0.258. The third kappa shape index (κ3) is 4.10. The Morgan fingerprint density at radius 2 is 1.91 bits per heavy atom. The molecule has 0 bridgehead atoms. The number of hydrogen-bond donors (Lipinski definition) is 0. The number of carbonyl (C=O) groups excluding carboxylic acids is 1. The summed E-state index contributed by atoms with van der Waals surface area (Å²) in [4.78, 5) is 18.8. The number of carbonyl (C=O) groups is 1. The second-order valence-corrected chi connectivity index (χ2v) is 7.48. The Morgan fingerprint density at radius 3 is 2.62 bits per heavy atom. The highest BCUT2D eigenvalue weighted by Crippen LogP contribution is 2.37. The maximum Gasteiger partial charge on any atom is 0.415 e. The Kier molecular flexibility index (Phi) is 5.74. The maximum atomic E-state index is 12.8. The summed E-state index contributed by atoms with van der Waals surface area (Å²) >= 11 is 0. The smallest absolute Gasteiger partial charge is 0.415 e. The van der Waals surface area contributed by atoms with Gasteiger partial charge in [-0.25, -0.2) is 4.79 Å². The molecule has 0 fully saturated rings. The number of rotatable bonds is 4. The predicted molar refractivity (Wildman–Crippen MR) is 117 cm³/mol. The molecule has 7 nitrogen and oxygen atoms in total. The molecule has 1 aliphatic heterocycles. The van der Waals surface area contributed by atoms with Crippen LogP contribution in [0.1, 0.15) is 46.5 Å². The van der Waals surface area contributed by atoms with Crippen molar-refractivity contribution >= 4 is 11.8 Å². The van der Waals surface area contributed by atoms with Crippen LogP contribution in [0.2, 0.25) is 0 Å². The number of amides is 1. The summed E-state index contributed by atoms with van der Waals surface area (Å²) in [5, 5.41) is 18.1. The summed E-state index contributed by atoms with van der Waals surface area (Å²) in [6, 6.07) is 18.2. The molecule has 158 valence electrons. The van der Waals surface area contributed by atoms with Crippen LogP contribution in [0.25, 0.3) is 0 Å². The standard InChI is InChI=1S/C25H20N4O3/c1-16-24(31-15-20-5-3-4-19(10-20)12-27)23-17(2)32-25(30)29(14-21(23)13-28-16)22-8-6-18(11-26)7-9-22/h3-10,13,17H,14-15H2,1-2H3. The minimum atomic E-state index is -0.539. The third-order valence-electron chi connectivity index (χ3n) is 5.31. The van der Waals surface area contributed by atoms with Gasteiger partial charge in [-0.2, -0.15) is 10.5 Å². The van der Waals surface area contributed by atoms with Gasteiger partial charge in [0.2, 0.25) is 0 Å². The fraction of sp³-hybridized carbons (Fsp3) is 0.200. The average Bonchev–Trinajstić information content (AvgIpc) is 2.94. The Hall–Kier alpha value is -4.36. The number of benzene rings is 2. The highest BCUT2D eigenvalue weighted by atomic mass is 16.6. The number of aryl methyl sites for hydroxylation is 1. The van der Waals surface area contributed by atoms with Crippen LogP contribution in [-0.2, 0) is 17.9 Å². The number of anilines is 1. The molecule has 1 amide bonds. The summed E-state index contributed by atoms with van der Waals surface area (Å²) in [5.41, 5.74) is 4.85. The zero-order valence-electron chi connectivity index (χ0n) is 17.7. The van der Waals surface area contributed by atoms with Crippen LogP contribution in [0, 0.1) is 29.6 Å². The number of nitriles is 2. The highest BCUT2D eigenvalue weighted by Gasteiger charge is 2.31. The predicted octanol–water partition coefficient (Wildman–Crippen LogP) is 4.93. The van der Waals surface area contributed by atoms with Crippen LogP contribution in [-0.4, -0.2) is 11.1 Å². The molecule has 2 heterocycles. The molecule has 1 atom stereocenters. The van der Waals surface area contributed by atoms with Crippen LogP contribution in [0.15, 0.2) is 54.7 Å². The lowest BCUT2D eigenvalue weighted by Crippen LogP contribution is -2.29. The van der Waals surface area contributed by atoms with Gasteiger partial charge in [0.1, 0.15) is 18.5 Å². The van der Waals surface area contributed by atoms with Crippen molar-refractivity contribution in [3.8, 4) is 17.9 Å². The van der Waals surface area contributed by atoms with E-state index in [0.717, 1.165) is 16.7 Å². The first-order valence-electron chi connectivity index (χ1n) is 10.1. The number of nitrogens with zero attached hydrogens (tertiary/aromatic N) is 4. The van der Waals surface area contributed by atoms with E-state index < -0.39 is 12.2 Å². The highest BCUT2D eigenvalue weighted by molar-refractivity contribution is 5.88. The first kappa shape index (κ1) is 20.9. The van der Waals surface area contributed by atoms with Gasteiger partial charge in [-0.1, -0.05) is 12.1 Å². The summed E-state index contributed by atoms with van der Waals surface area (Å²) in [5.74, 6) is 0.576. The van der Waals surface area contributed by atoms with Crippen LogP contribution in [0.5, 0.6) is 5.75 Å². The molecule has 7 heteroatoms. The van der Waals surface area contributed by atoms with Gasteiger partial charge in [-0.15, -0.1) is 0 Å². The van der Waals surface area contributed by atoms with Gasteiger partial charge >= 0.3 is 6.09 Å². The lowest BCUT2D eigenvalue weighted by Gasteiger charge is -2.20. The molecule has 2 aromatic carbocycles. The van der Waals surface area contributed by atoms with Crippen LogP contribution in [0.4, 0.5) is 10.5 Å². The zero-order valence-corrected chi connectivity index (χ0v) is 17.7. The van der Waals surface area contributed by atoms with Crippen LogP contribution in [0.3, 0.4) is 0 Å². The van der Waals surface area contributed by atoms with E-state index in [1.807, 2.05) is 26.0 Å². The van der Waals surface area contributed by atoms with Crippen molar-refractivity contribution in [1.82, 2.24) is 4.98 Å². The monoisotopic (exact) mass is 424 g/mol. The molecular weight excluding hydrogens is 404 g/mol. The number of hydrogen-bond acceptors (Lipinski definition) is 6. The molecule has 1 aliphatic rings. The van der Waals surface area contributed by atoms with Crippen LogP contribution >= 0.6 is 0 Å². The first-order chi connectivity index (χ1) is 15.5. The van der Waals surface area contributed by atoms with Crippen molar-refractivity contribution in [3.63, 3.8) is 0 Å². The normalized spacial score (nSPS) is 15.1. The third-order valence-corrected chi connectivity index (χ3v) is 5.31. The fourth-order valence-corrected chi connectivity index (χ4v) is 3.70. The van der Waals surface area contributed by atoms with E-state index in [4.69, 9.17) is 20.0 Å². The van der Waals surface area contributed by atoms with Gasteiger partial charge in [-0.3, -0.25) is 9.88 Å². The first-order valence-corrected chi connectivity index (χ1v) is 10.1. The summed E-state index contributed by atoms with van der Waals surface area (Å²) < 4.78 is 11.9. The molecule has 0 N–H and O–H groups in total. The quantitative estimate of drug-likeness (QED) is 0.589. The zero-order chi connectivity index (χ0) is 22.7. The largest absolute Gasteiger partial charge is 0.487 e. The number of ether oxygens (including phenoxy) is 2. The molecule has 0 spiro atoms. The van der Waals surface area contributed by atoms with E-state index in [9.17, 15) is 4.79 Å². The Labute approximate surface area is 186 Å². The lowest BCUT2D eigenvalue weighted by molar-refractivity contribution is 0.114. The van der Waals surface area contributed by atoms with Crippen molar-refractivity contribution in [2.24, 2.45) is 0 Å². The summed E-state index contributed by atoms with van der Waals surface area (Å²) in [6.07, 6.45) is 0.718. The number of aromatic nitrogens is 1. The van der Waals surface area contributed by atoms with Gasteiger partial charge in [0.05, 0.1) is 35.5 Å². The van der Waals surface area contributed by atoms with E-state index in [0.29, 0.717) is 28.3 Å². The van der Waals surface area contributed by atoms with Crippen molar-refractivity contribution in [2.75, 3.05) is 4.90 Å². The lowest BCUT2D eigenvalue weighted by atomic mass is 10.0. The topological polar surface area (TPSA) is 99.2 Å². The van der Waals surface area contributed by atoms with Gasteiger partial charge in [0.15, 0.2) is 0 Å². The van der Waals surface area contributed by atoms with Crippen molar-refractivity contribution in [1.29, 1.82) is 10.5 Å². The van der Waals surface area contributed by atoms with Crippen LogP contribution < -0.4 is 9.64 Å². The van der Waals surface area contributed by atoms with Crippen molar-refractivity contribution < 1.29 is 14.3 Å². The van der Waals surface area contributed by atoms with Crippen molar-refractivity contribution in [3.05, 3.63) is 88.2 Å². The molecule has 0 radical (unpaired) electrons. The second-order valence-electron chi connectivity index (χ2n) is 7.48. The molecule has 3 aromatic rings. The molecule has 0 saturated carbocycles. The SMILES string of the molecule is Cc1ncc2c(c1OCc1cccc(C#N)c1)C(C)OC(=O)N(c1ccc(C#N)cc1)C2. The molecular formula is C25H20N4O3. The van der Waals surface area contributed by atoms with Gasteiger partial charge in [-0.05, 0) is 55.8 Å². The number of fused-ring (bicyclic) bond motifs is 1.